The van der Waals surface area contributed by atoms with Crippen LogP contribution in [0.5, 0.6) is 5.75 Å². The van der Waals surface area contributed by atoms with Gasteiger partial charge in [-0.2, -0.15) is 0 Å². The standard InChI is InChI=1S/C34H36ClF2N5O6S/c1-34(2,3)48-33(44)42-11-9-21(10-12-42)39-32-38-17-19-13-18(14-27(47-4)31(19)40-32)29-24(36)6-7-25(30(29)37)41-49(45,46)28-16-20(35)15-23-22(28)5-8-26(23)43/h6-7,13-17,21,26,41,43H,5,8-12H2,1-4H3,(H,38,39,40)/t26-/m1/s1. The number of sulfonamides is 1. The molecule has 4 aromatic rings. The number of fused-ring (bicyclic) bond motifs is 2. The molecule has 260 valence electrons. The number of ether oxygens (including phenoxy) is 2. The van der Waals surface area contributed by atoms with Gasteiger partial charge in [-0.3, -0.25) is 4.72 Å². The molecule has 1 saturated heterocycles. The molecule has 49 heavy (non-hydrogen) atoms. The van der Waals surface area contributed by atoms with Gasteiger partial charge in [-0.25, -0.2) is 32.0 Å². The molecule has 3 N–H and O–H groups in total. The van der Waals surface area contributed by atoms with Crippen molar-refractivity contribution in [3.05, 3.63) is 70.4 Å². The van der Waals surface area contributed by atoms with Crippen molar-refractivity contribution in [1.82, 2.24) is 14.9 Å². The number of hydrogen-bond acceptors (Lipinski definition) is 9. The number of piperidine rings is 1. The Balaban J connectivity index is 1.25. The first-order chi connectivity index (χ1) is 23.1. The topological polar surface area (TPSA) is 143 Å². The maximum absolute atomic E-state index is 16.1. The molecule has 2 aliphatic rings. The highest BCUT2D eigenvalue weighted by Crippen LogP contribution is 2.40. The van der Waals surface area contributed by atoms with E-state index in [-0.39, 0.29) is 33.4 Å². The van der Waals surface area contributed by atoms with Crippen LogP contribution in [0.2, 0.25) is 5.02 Å². The van der Waals surface area contributed by atoms with E-state index in [1.165, 1.54) is 37.6 Å². The van der Waals surface area contributed by atoms with Crippen LogP contribution in [-0.4, -0.2) is 66.3 Å². The van der Waals surface area contributed by atoms with Crippen molar-refractivity contribution in [2.45, 2.75) is 69.1 Å². The fraction of sp³-hybridized carbons (Fsp3) is 0.382. The average Bonchev–Trinajstić information content (AvgIpc) is 3.41. The van der Waals surface area contributed by atoms with Gasteiger partial charge in [0, 0.05) is 35.7 Å². The SMILES string of the molecule is COc1cc(-c2c(F)ccc(NS(=O)(=O)c3cc(Cl)cc4c3CC[C@H]4O)c2F)cc2cnc(NC3CCN(C(=O)OC(C)(C)C)CC3)nc12. The van der Waals surface area contributed by atoms with Crippen molar-refractivity contribution in [3.63, 3.8) is 0 Å². The molecule has 1 aliphatic heterocycles. The van der Waals surface area contributed by atoms with Gasteiger partial charge in [0.05, 0.1) is 29.4 Å². The molecule has 1 atom stereocenters. The molecule has 1 aromatic heterocycles. The first kappa shape index (κ1) is 34.6. The zero-order valence-electron chi connectivity index (χ0n) is 27.3. The summed E-state index contributed by atoms with van der Waals surface area (Å²) in [6.07, 6.45) is 2.21. The Kier molecular flexibility index (Phi) is 9.33. The molecular weight excluding hydrogens is 680 g/mol. The van der Waals surface area contributed by atoms with E-state index in [4.69, 9.17) is 21.1 Å². The lowest BCUT2D eigenvalue weighted by Crippen LogP contribution is -2.44. The van der Waals surface area contributed by atoms with Crippen molar-refractivity contribution in [2.75, 3.05) is 30.2 Å². The lowest BCUT2D eigenvalue weighted by Gasteiger charge is -2.33. The number of amides is 1. The second kappa shape index (κ2) is 13.2. The number of methoxy groups -OCH3 is 1. The van der Waals surface area contributed by atoms with Crippen LogP contribution in [0.1, 0.15) is 57.3 Å². The second-order valence-electron chi connectivity index (χ2n) is 13.1. The minimum atomic E-state index is -4.38. The first-order valence-corrected chi connectivity index (χ1v) is 17.6. The minimum Gasteiger partial charge on any atom is -0.494 e. The highest BCUT2D eigenvalue weighted by molar-refractivity contribution is 7.92. The summed E-state index contributed by atoms with van der Waals surface area (Å²) in [5, 5.41) is 14.1. The van der Waals surface area contributed by atoms with Crippen LogP contribution in [0.4, 0.5) is 25.2 Å². The number of aliphatic hydroxyl groups is 1. The summed E-state index contributed by atoms with van der Waals surface area (Å²) < 4.78 is 71.6. The van der Waals surface area contributed by atoms with Crippen LogP contribution in [-0.2, 0) is 21.2 Å². The largest absolute Gasteiger partial charge is 0.494 e. The molecule has 0 saturated carbocycles. The number of aliphatic hydroxyl groups excluding tert-OH is 1. The third-order valence-electron chi connectivity index (χ3n) is 8.50. The van der Waals surface area contributed by atoms with Crippen LogP contribution in [0.25, 0.3) is 22.0 Å². The smallest absolute Gasteiger partial charge is 0.410 e. The van der Waals surface area contributed by atoms with E-state index in [1.54, 1.807) is 4.90 Å². The van der Waals surface area contributed by atoms with Gasteiger partial charge in [-0.1, -0.05) is 11.6 Å². The maximum atomic E-state index is 16.1. The maximum Gasteiger partial charge on any atom is 0.410 e. The van der Waals surface area contributed by atoms with E-state index in [1.807, 2.05) is 20.8 Å². The number of aromatic nitrogens is 2. The van der Waals surface area contributed by atoms with Gasteiger partial charge in [0.2, 0.25) is 5.95 Å². The summed E-state index contributed by atoms with van der Waals surface area (Å²) in [5.41, 5.74) is -0.268. The van der Waals surface area contributed by atoms with Crippen LogP contribution in [0.3, 0.4) is 0 Å². The number of benzene rings is 3. The van der Waals surface area contributed by atoms with Crippen molar-refractivity contribution >= 4 is 50.3 Å². The minimum absolute atomic E-state index is 0.00542. The molecule has 0 bridgehead atoms. The Morgan fingerprint density at radius 3 is 2.53 bits per heavy atom. The molecule has 1 fully saturated rings. The van der Waals surface area contributed by atoms with Gasteiger partial charge in [-0.05, 0) is 99.5 Å². The van der Waals surface area contributed by atoms with Gasteiger partial charge < -0.3 is 24.8 Å². The van der Waals surface area contributed by atoms with Crippen LogP contribution < -0.4 is 14.8 Å². The van der Waals surface area contributed by atoms with Crippen molar-refractivity contribution in [1.29, 1.82) is 0 Å². The molecule has 6 rings (SSSR count). The normalized spacial score (nSPS) is 16.8. The molecular formula is C34H36ClF2N5O6S. The fourth-order valence-electron chi connectivity index (χ4n) is 6.17. The van der Waals surface area contributed by atoms with Crippen LogP contribution >= 0.6 is 11.6 Å². The monoisotopic (exact) mass is 715 g/mol. The average molecular weight is 716 g/mol. The second-order valence-corrected chi connectivity index (χ2v) is 15.2. The summed E-state index contributed by atoms with van der Waals surface area (Å²) in [5.74, 6) is -1.52. The molecule has 3 aromatic carbocycles. The summed E-state index contributed by atoms with van der Waals surface area (Å²) in [7, 11) is -2.98. The fourth-order valence-corrected chi connectivity index (χ4v) is 7.84. The van der Waals surface area contributed by atoms with Crippen molar-refractivity contribution in [2.24, 2.45) is 0 Å². The Labute approximate surface area is 287 Å². The van der Waals surface area contributed by atoms with E-state index in [0.29, 0.717) is 66.8 Å². The zero-order chi connectivity index (χ0) is 35.2. The lowest BCUT2D eigenvalue weighted by molar-refractivity contribution is 0.0210. The predicted molar refractivity (Wildman–Crippen MR) is 181 cm³/mol. The quantitative estimate of drug-likeness (QED) is 0.188. The number of anilines is 2. The lowest BCUT2D eigenvalue weighted by atomic mass is 10.0. The number of nitrogens with zero attached hydrogens (tertiary/aromatic N) is 3. The summed E-state index contributed by atoms with van der Waals surface area (Å²) in [4.78, 5) is 22.9. The highest BCUT2D eigenvalue weighted by atomic mass is 35.5. The van der Waals surface area contributed by atoms with Gasteiger partial charge in [-0.15, -0.1) is 0 Å². The Hall–Kier alpha value is -4.27. The van der Waals surface area contributed by atoms with E-state index < -0.39 is 44.6 Å². The molecule has 15 heteroatoms. The van der Waals surface area contributed by atoms with Crippen LogP contribution in [0.15, 0.2) is 47.5 Å². The summed E-state index contributed by atoms with van der Waals surface area (Å²) >= 11 is 6.16. The number of halogens is 3. The third kappa shape index (κ3) is 7.22. The third-order valence-corrected chi connectivity index (χ3v) is 10.1. The highest BCUT2D eigenvalue weighted by Gasteiger charge is 2.31. The molecule has 11 nitrogen and oxygen atoms in total. The van der Waals surface area contributed by atoms with Gasteiger partial charge in [0.15, 0.2) is 5.82 Å². The summed E-state index contributed by atoms with van der Waals surface area (Å²) in [6.45, 7) is 6.48. The first-order valence-electron chi connectivity index (χ1n) is 15.7. The van der Waals surface area contributed by atoms with E-state index in [2.05, 4.69) is 20.0 Å². The summed E-state index contributed by atoms with van der Waals surface area (Å²) in [6, 6.07) is 7.63. The van der Waals surface area contributed by atoms with Crippen LogP contribution in [0, 0.1) is 11.6 Å². The van der Waals surface area contributed by atoms with Gasteiger partial charge in [0.25, 0.3) is 10.0 Å². The van der Waals surface area contributed by atoms with E-state index in [0.717, 1.165) is 12.1 Å². The number of rotatable bonds is 7. The Morgan fingerprint density at radius 1 is 1.10 bits per heavy atom. The zero-order valence-corrected chi connectivity index (χ0v) is 28.9. The van der Waals surface area contributed by atoms with E-state index in [9.17, 15) is 18.3 Å². The molecule has 0 unspecified atom stereocenters. The van der Waals surface area contributed by atoms with Gasteiger partial charge >= 0.3 is 6.09 Å². The molecule has 1 aliphatic carbocycles. The molecule has 0 spiro atoms. The molecule has 1 amide bonds. The van der Waals surface area contributed by atoms with E-state index >= 15 is 8.78 Å². The van der Waals surface area contributed by atoms with Crippen molar-refractivity contribution < 1.29 is 36.6 Å². The van der Waals surface area contributed by atoms with Gasteiger partial charge in [0.1, 0.15) is 22.7 Å². The van der Waals surface area contributed by atoms with Crippen molar-refractivity contribution in [3.8, 4) is 16.9 Å². The molecule has 2 heterocycles. The predicted octanol–water partition coefficient (Wildman–Crippen LogP) is 6.83. The number of carbonyl (C=O) groups is 1. The molecule has 0 radical (unpaired) electrons. The number of likely N-dealkylation sites (tertiary alicyclic amines) is 1. The Bertz CT molecular complexity index is 2050. The number of carbonyl (C=O) groups excluding carboxylic acids is 1. The number of nitrogens with one attached hydrogen (secondary N) is 2. The Morgan fingerprint density at radius 2 is 1.84 bits per heavy atom. The number of hydrogen-bond donors (Lipinski definition) is 3.